The van der Waals surface area contributed by atoms with Crippen LogP contribution >= 0.6 is 0 Å². The molecule has 7 heteroatoms. The molecule has 1 aromatic carbocycles. The molecule has 1 aromatic heterocycles. The molecular formula is C20H29N5O2. The highest BCUT2D eigenvalue weighted by atomic mass is 16.5. The Morgan fingerprint density at radius 3 is 2.48 bits per heavy atom. The third-order valence-corrected chi connectivity index (χ3v) is 5.01. The molecule has 0 spiro atoms. The number of hydrogen-bond acceptors (Lipinski definition) is 5. The summed E-state index contributed by atoms with van der Waals surface area (Å²) >= 11 is 0. The topological polar surface area (TPSA) is 62.6 Å². The average Bonchev–Trinajstić information content (AvgIpc) is 3.22. The van der Waals surface area contributed by atoms with Gasteiger partial charge in [-0.3, -0.25) is 4.79 Å². The number of nitrogens with one attached hydrogen (secondary N) is 1. The molecule has 1 fully saturated rings. The number of rotatable bonds is 8. The van der Waals surface area contributed by atoms with Crippen LogP contribution in [0.4, 0.5) is 0 Å². The first-order valence-corrected chi connectivity index (χ1v) is 9.62. The summed E-state index contributed by atoms with van der Waals surface area (Å²) < 4.78 is 6.85. The summed E-state index contributed by atoms with van der Waals surface area (Å²) in [5.41, 5.74) is 1.32. The molecular weight excluding hydrogens is 342 g/mol. The molecule has 2 aromatic rings. The summed E-state index contributed by atoms with van der Waals surface area (Å²) in [6, 6.07) is 9.30. The monoisotopic (exact) mass is 371 g/mol. The van der Waals surface area contributed by atoms with E-state index in [1.807, 2.05) is 24.3 Å². The van der Waals surface area contributed by atoms with Crippen molar-refractivity contribution in [3.05, 3.63) is 42.2 Å². The first-order chi connectivity index (χ1) is 13.2. The maximum absolute atomic E-state index is 12.3. The fraction of sp³-hybridized carbons (Fsp3) is 0.500. The highest BCUT2D eigenvalue weighted by molar-refractivity contribution is 5.92. The third kappa shape index (κ3) is 5.30. The van der Waals surface area contributed by atoms with E-state index in [2.05, 4.69) is 27.1 Å². The summed E-state index contributed by atoms with van der Waals surface area (Å²) in [4.78, 5) is 17.2. The third-order valence-electron chi connectivity index (χ3n) is 5.01. The average molecular weight is 371 g/mol. The van der Waals surface area contributed by atoms with E-state index in [-0.39, 0.29) is 5.91 Å². The van der Waals surface area contributed by atoms with Gasteiger partial charge in [0, 0.05) is 38.9 Å². The van der Waals surface area contributed by atoms with Crippen LogP contribution in [-0.2, 0) is 0 Å². The van der Waals surface area contributed by atoms with E-state index in [1.54, 1.807) is 24.1 Å². The Balaban J connectivity index is 1.41. The Labute approximate surface area is 160 Å². The van der Waals surface area contributed by atoms with Crippen LogP contribution in [0.2, 0.25) is 0 Å². The second-order valence-electron chi connectivity index (χ2n) is 6.73. The maximum atomic E-state index is 12.3. The van der Waals surface area contributed by atoms with Gasteiger partial charge < -0.3 is 19.9 Å². The van der Waals surface area contributed by atoms with Crippen molar-refractivity contribution in [1.82, 2.24) is 24.9 Å². The van der Waals surface area contributed by atoms with E-state index in [4.69, 9.17) is 4.74 Å². The number of piperazine rings is 1. The van der Waals surface area contributed by atoms with Crippen LogP contribution in [0.15, 0.2) is 36.5 Å². The van der Waals surface area contributed by atoms with Crippen LogP contribution in [-0.4, -0.2) is 78.4 Å². The van der Waals surface area contributed by atoms with E-state index < -0.39 is 0 Å². The quantitative estimate of drug-likeness (QED) is 0.715. The number of amides is 1. The van der Waals surface area contributed by atoms with Gasteiger partial charge in [0.05, 0.1) is 12.8 Å². The molecule has 1 aliphatic rings. The Hall–Kier alpha value is -2.38. The second kappa shape index (κ2) is 9.53. The van der Waals surface area contributed by atoms with E-state index in [1.165, 1.54) is 0 Å². The lowest BCUT2D eigenvalue weighted by Gasteiger charge is -2.33. The van der Waals surface area contributed by atoms with E-state index in [0.717, 1.165) is 57.1 Å². The number of hydrogen-bond donors (Lipinski definition) is 1. The minimum Gasteiger partial charge on any atom is -0.497 e. The number of carbonyl (C=O) groups is 1. The lowest BCUT2D eigenvalue weighted by atomic mass is 10.3. The molecule has 0 unspecified atom stereocenters. The van der Waals surface area contributed by atoms with Gasteiger partial charge in [-0.1, -0.05) is 6.92 Å². The molecule has 1 aliphatic heterocycles. The van der Waals surface area contributed by atoms with Gasteiger partial charge in [0.2, 0.25) is 0 Å². The SMILES string of the molecule is CCN1CCN(CCCNC(=O)c2ccn(-c3ccc(OC)cc3)n2)CC1. The number of methoxy groups -OCH3 is 1. The molecule has 3 rings (SSSR count). The molecule has 0 saturated carbocycles. The molecule has 0 bridgehead atoms. The van der Waals surface area contributed by atoms with E-state index in [9.17, 15) is 4.79 Å². The van der Waals surface area contributed by atoms with Gasteiger partial charge in [-0.05, 0) is 49.8 Å². The molecule has 7 nitrogen and oxygen atoms in total. The number of benzene rings is 1. The Morgan fingerprint density at radius 2 is 1.81 bits per heavy atom. The molecule has 146 valence electrons. The first kappa shape index (κ1) is 19.4. The highest BCUT2D eigenvalue weighted by Crippen LogP contribution is 2.14. The Bertz CT molecular complexity index is 720. The van der Waals surface area contributed by atoms with Crippen LogP contribution in [0, 0.1) is 0 Å². The minimum absolute atomic E-state index is 0.127. The Kier molecular flexibility index (Phi) is 6.84. The fourth-order valence-electron chi connectivity index (χ4n) is 3.25. The van der Waals surface area contributed by atoms with Crippen LogP contribution < -0.4 is 10.1 Å². The smallest absolute Gasteiger partial charge is 0.271 e. The number of likely N-dealkylation sites (N-methyl/N-ethyl adjacent to an activating group) is 1. The standard InChI is InChI=1S/C20H29N5O2/c1-3-23-13-15-24(16-14-23)11-4-10-21-20(26)19-9-12-25(22-19)17-5-7-18(27-2)8-6-17/h5-9,12H,3-4,10-11,13-16H2,1-2H3,(H,21,26). The van der Waals surface area contributed by atoms with Gasteiger partial charge in [-0.2, -0.15) is 5.10 Å². The first-order valence-electron chi connectivity index (χ1n) is 9.62. The van der Waals surface area contributed by atoms with Crippen molar-refractivity contribution in [3.63, 3.8) is 0 Å². The van der Waals surface area contributed by atoms with Gasteiger partial charge in [-0.25, -0.2) is 4.68 Å². The minimum atomic E-state index is -0.127. The lowest BCUT2D eigenvalue weighted by Crippen LogP contribution is -2.46. The summed E-state index contributed by atoms with van der Waals surface area (Å²) in [5.74, 6) is 0.665. The predicted octanol–water partition coefficient (Wildman–Crippen LogP) is 1.64. The zero-order valence-electron chi connectivity index (χ0n) is 16.2. The second-order valence-corrected chi connectivity index (χ2v) is 6.73. The van der Waals surface area contributed by atoms with Crippen molar-refractivity contribution in [2.24, 2.45) is 0 Å². The van der Waals surface area contributed by atoms with Crippen LogP contribution in [0.1, 0.15) is 23.8 Å². The van der Waals surface area contributed by atoms with Crippen molar-refractivity contribution in [2.45, 2.75) is 13.3 Å². The van der Waals surface area contributed by atoms with Gasteiger partial charge in [0.25, 0.3) is 5.91 Å². The summed E-state index contributed by atoms with van der Waals surface area (Å²) in [6.07, 6.45) is 2.75. The summed E-state index contributed by atoms with van der Waals surface area (Å²) in [6.45, 7) is 9.56. The van der Waals surface area contributed by atoms with Crippen molar-refractivity contribution < 1.29 is 9.53 Å². The van der Waals surface area contributed by atoms with Crippen molar-refractivity contribution in [1.29, 1.82) is 0 Å². The van der Waals surface area contributed by atoms with Crippen LogP contribution in [0.25, 0.3) is 5.69 Å². The zero-order valence-corrected chi connectivity index (χ0v) is 16.2. The lowest BCUT2D eigenvalue weighted by molar-refractivity contribution is 0.0943. The molecule has 1 amide bonds. The van der Waals surface area contributed by atoms with Gasteiger partial charge >= 0.3 is 0 Å². The van der Waals surface area contributed by atoms with E-state index >= 15 is 0 Å². The summed E-state index contributed by atoms with van der Waals surface area (Å²) in [5, 5.41) is 7.34. The number of carbonyl (C=O) groups excluding carboxylic acids is 1. The van der Waals surface area contributed by atoms with Crippen molar-refractivity contribution in [3.8, 4) is 11.4 Å². The predicted molar refractivity (Wildman–Crippen MR) is 106 cm³/mol. The number of nitrogens with zero attached hydrogens (tertiary/aromatic N) is 4. The summed E-state index contributed by atoms with van der Waals surface area (Å²) in [7, 11) is 1.64. The maximum Gasteiger partial charge on any atom is 0.271 e. The molecule has 1 saturated heterocycles. The van der Waals surface area contributed by atoms with Gasteiger partial charge in [0.15, 0.2) is 5.69 Å². The van der Waals surface area contributed by atoms with Crippen molar-refractivity contribution in [2.75, 3.05) is 52.9 Å². The van der Waals surface area contributed by atoms with Gasteiger partial charge in [0.1, 0.15) is 5.75 Å². The fourth-order valence-corrected chi connectivity index (χ4v) is 3.25. The largest absolute Gasteiger partial charge is 0.497 e. The molecule has 1 N–H and O–H groups in total. The number of aromatic nitrogens is 2. The van der Waals surface area contributed by atoms with Gasteiger partial charge in [-0.15, -0.1) is 0 Å². The molecule has 27 heavy (non-hydrogen) atoms. The Morgan fingerprint density at radius 1 is 1.11 bits per heavy atom. The van der Waals surface area contributed by atoms with Crippen molar-refractivity contribution >= 4 is 5.91 Å². The normalized spacial score (nSPS) is 15.6. The number of ether oxygens (including phenoxy) is 1. The highest BCUT2D eigenvalue weighted by Gasteiger charge is 2.15. The van der Waals surface area contributed by atoms with Crippen LogP contribution in [0.3, 0.4) is 0 Å². The molecule has 0 aliphatic carbocycles. The molecule has 0 radical (unpaired) electrons. The van der Waals surface area contributed by atoms with Crippen LogP contribution in [0.5, 0.6) is 5.75 Å². The van der Waals surface area contributed by atoms with E-state index in [0.29, 0.717) is 12.2 Å². The molecule has 2 heterocycles. The zero-order chi connectivity index (χ0) is 19.1. The molecule has 0 atom stereocenters.